The lowest BCUT2D eigenvalue weighted by Gasteiger charge is -2.32. The lowest BCUT2D eigenvalue weighted by Crippen LogP contribution is -2.42. The number of nitrogens with zero attached hydrogens (tertiary/aromatic N) is 3. The summed E-state index contributed by atoms with van der Waals surface area (Å²) in [4.78, 5) is 14.2. The van der Waals surface area contributed by atoms with Gasteiger partial charge in [0.2, 0.25) is 5.91 Å². The van der Waals surface area contributed by atoms with E-state index in [0.717, 1.165) is 30.7 Å². The molecule has 1 unspecified atom stereocenters. The van der Waals surface area contributed by atoms with Crippen molar-refractivity contribution in [2.45, 2.75) is 25.8 Å². The zero-order valence-electron chi connectivity index (χ0n) is 14.6. The van der Waals surface area contributed by atoms with Gasteiger partial charge < -0.3 is 14.4 Å². The van der Waals surface area contributed by atoms with Gasteiger partial charge in [-0.05, 0) is 37.5 Å². The monoisotopic (exact) mass is 343 g/mol. The standard InChI is InChI=1S/C19H25N3O3/c1-16-12-20-22(13-16)17-6-5-9-21(14-17)19(23)15-24-10-11-25-18-7-3-2-4-8-18/h2-4,7-8,12-13,17H,5-6,9-11,14-15H2,1H3. The molecule has 0 spiro atoms. The third kappa shape index (κ3) is 5.06. The van der Waals surface area contributed by atoms with Crippen molar-refractivity contribution in [3.63, 3.8) is 0 Å². The summed E-state index contributed by atoms with van der Waals surface area (Å²) in [6.07, 6.45) is 5.94. The smallest absolute Gasteiger partial charge is 0.248 e. The molecule has 2 heterocycles. The topological polar surface area (TPSA) is 56.6 Å². The summed E-state index contributed by atoms with van der Waals surface area (Å²) in [6, 6.07) is 9.85. The summed E-state index contributed by atoms with van der Waals surface area (Å²) in [6.45, 7) is 4.45. The highest BCUT2D eigenvalue weighted by Crippen LogP contribution is 2.21. The molecule has 0 N–H and O–H groups in total. The quantitative estimate of drug-likeness (QED) is 0.725. The summed E-state index contributed by atoms with van der Waals surface area (Å²) in [7, 11) is 0. The number of hydrogen-bond donors (Lipinski definition) is 0. The van der Waals surface area contributed by atoms with Crippen LogP contribution in [0, 0.1) is 6.92 Å². The molecule has 1 fully saturated rings. The molecule has 0 bridgehead atoms. The van der Waals surface area contributed by atoms with E-state index >= 15 is 0 Å². The van der Waals surface area contributed by atoms with Crippen LogP contribution in [0.2, 0.25) is 0 Å². The molecular formula is C19H25N3O3. The number of aromatic nitrogens is 2. The van der Waals surface area contributed by atoms with E-state index in [1.54, 1.807) is 0 Å². The van der Waals surface area contributed by atoms with Gasteiger partial charge in [-0.2, -0.15) is 5.10 Å². The Morgan fingerprint density at radius 1 is 1.28 bits per heavy atom. The minimum atomic E-state index is 0.0355. The number of para-hydroxylation sites is 1. The Balaban J connectivity index is 1.37. The fourth-order valence-corrected chi connectivity index (χ4v) is 3.02. The number of benzene rings is 1. The first-order chi connectivity index (χ1) is 12.2. The summed E-state index contributed by atoms with van der Waals surface area (Å²) in [5, 5.41) is 4.38. The average Bonchev–Trinajstić information content (AvgIpc) is 3.09. The van der Waals surface area contributed by atoms with E-state index in [0.29, 0.717) is 19.8 Å². The highest BCUT2D eigenvalue weighted by Gasteiger charge is 2.25. The van der Waals surface area contributed by atoms with Gasteiger partial charge in [-0.3, -0.25) is 9.48 Å². The Labute approximate surface area is 148 Å². The second-order valence-corrected chi connectivity index (χ2v) is 6.35. The number of ether oxygens (including phenoxy) is 2. The zero-order valence-corrected chi connectivity index (χ0v) is 14.6. The maximum Gasteiger partial charge on any atom is 0.248 e. The van der Waals surface area contributed by atoms with Gasteiger partial charge in [-0.1, -0.05) is 18.2 Å². The maximum absolute atomic E-state index is 12.3. The lowest BCUT2D eigenvalue weighted by atomic mass is 10.1. The van der Waals surface area contributed by atoms with E-state index in [1.807, 2.05) is 59.2 Å². The number of carbonyl (C=O) groups excluding carboxylic acids is 1. The van der Waals surface area contributed by atoms with E-state index in [-0.39, 0.29) is 18.6 Å². The van der Waals surface area contributed by atoms with E-state index in [4.69, 9.17) is 9.47 Å². The van der Waals surface area contributed by atoms with Crippen molar-refractivity contribution in [2.24, 2.45) is 0 Å². The summed E-state index contributed by atoms with van der Waals surface area (Å²) in [5.74, 6) is 0.846. The number of amides is 1. The third-order valence-electron chi connectivity index (χ3n) is 4.32. The highest BCUT2D eigenvalue weighted by atomic mass is 16.5. The first-order valence-electron chi connectivity index (χ1n) is 8.76. The van der Waals surface area contributed by atoms with Crippen molar-refractivity contribution in [3.8, 4) is 5.75 Å². The van der Waals surface area contributed by atoms with Crippen LogP contribution < -0.4 is 4.74 Å². The Morgan fingerprint density at radius 3 is 2.88 bits per heavy atom. The van der Waals surface area contributed by atoms with Gasteiger partial charge in [0.1, 0.15) is 19.0 Å². The molecule has 25 heavy (non-hydrogen) atoms. The van der Waals surface area contributed by atoms with Crippen LogP contribution in [-0.2, 0) is 9.53 Å². The van der Waals surface area contributed by atoms with Crippen LogP contribution in [0.3, 0.4) is 0 Å². The van der Waals surface area contributed by atoms with E-state index in [2.05, 4.69) is 5.10 Å². The molecule has 1 saturated heterocycles. The maximum atomic E-state index is 12.3. The van der Waals surface area contributed by atoms with Gasteiger partial charge in [0.15, 0.2) is 0 Å². The summed E-state index contributed by atoms with van der Waals surface area (Å²) in [5.41, 5.74) is 1.14. The van der Waals surface area contributed by atoms with Crippen molar-refractivity contribution in [3.05, 3.63) is 48.3 Å². The van der Waals surface area contributed by atoms with Crippen molar-refractivity contribution in [1.29, 1.82) is 0 Å². The van der Waals surface area contributed by atoms with Gasteiger partial charge in [0.05, 0.1) is 18.8 Å². The average molecular weight is 343 g/mol. The largest absolute Gasteiger partial charge is 0.491 e. The molecule has 2 aromatic rings. The molecule has 1 amide bonds. The van der Waals surface area contributed by atoms with Gasteiger partial charge in [0.25, 0.3) is 0 Å². The van der Waals surface area contributed by atoms with Gasteiger partial charge in [-0.15, -0.1) is 0 Å². The van der Waals surface area contributed by atoms with Crippen molar-refractivity contribution >= 4 is 5.91 Å². The van der Waals surface area contributed by atoms with E-state index in [1.165, 1.54) is 0 Å². The third-order valence-corrected chi connectivity index (χ3v) is 4.32. The van der Waals surface area contributed by atoms with Gasteiger partial charge >= 0.3 is 0 Å². The number of aryl methyl sites for hydroxylation is 1. The molecule has 0 saturated carbocycles. The number of rotatable bonds is 7. The molecule has 0 radical (unpaired) electrons. The van der Waals surface area contributed by atoms with Crippen LogP contribution in [0.5, 0.6) is 5.75 Å². The molecular weight excluding hydrogens is 318 g/mol. The van der Waals surface area contributed by atoms with Crippen molar-refractivity contribution in [1.82, 2.24) is 14.7 Å². The molecule has 1 aromatic heterocycles. The van der Waals surface area contributed by atoms with Gasteiger partial charge in [0, 0.05) is 19.3 Å². The molecule has 6 nitrogen and oxygen atoms in total. The fourth-order valence-electron chi connectivity index (χ4n) is 3.02. The number of carbonyl (C=O) groups is 1. The zero-order chi connectivity index (χ0) is 17.5. The fraction of sp³-hybridized carbons (Fsp3) is 0.474. The Hall–Kier alpha value is -2.34. The Bertz CT molecular complexity index is 672. The summed E-state index contributed by atoms with van der Waals surface area (Å²) >= 11 is 0. The SMILES string of the molecule is Cc1cnn(C2CCCN(C(=O)COCCOc3ccccc3)C2)c1. The van der Waals surface area contributed by atoms with Crippen molar-refractivity contribution in [2.75, 3.05) is 32.9 Å². The Morgan fingerprint density at radius 2 is 2.12 bits per heavy atom. The Kier molecular flexibility index (Phi) is 6.06. The second kappa shape index (κ2) is 8.67. The summed E-state index contributed by atoms with van der Waals surface area (Å²) < 4.78 is 13.0. The molecule has 0 aliphatic carbocycles. The van der Waals surface area contributed by atoms with Crippen LogP contribution in [0.1, 0.15) is 24.4 Å². The molecule has 6 heteroatoms. The molecule has 1 aliphatic heterocycles. The molecule has 1 aliphatic rings. The normalized spacial score (nSPS) is 17.5. The number of likely N-dealkylation sites (tertiary alicyclic amines) is 1. The first kappa shape index (κ1) is 17.5. The van der Waals surface area contributed by atoms with Crippen LogP contribution in [0.4, 0.5) is 0 Å². The van der Waals surface area contributed by atoms with Crippen LogP contribution in [0.15, 0.2) is 42.7 Å². The van der Waals surface area contributed by atoms with Crippen LogP contribution in [-0.4, -0.2) is 53.5 Å². The number of hydrogen-bond acceptors (Lipinski definition) is 4. The predicted octanol–water partition coefficient (Wildman–Crippen LogP) is 2.45. The minimum Gasteiger partial charge on any atom is -0.491 e. The highest BCUT2D eigenvalue weighted by molar-refractivity contribution is 5.77. The minimum absolute atomic E-state index is 0.0355. The lowest BCUT2D eigenvalue weighted by molar-refractivity contribution is -0.138. The van der Waals surface area contributed by atoms with Crippen molar-refractivity contribution < 1.29 is 14.3 Å². The first-order valence-corrected chi connectivity index (χ1v) is 8.76. The van der Waals surface area contributed by atoms with E-state index in [9.17, 15) is 4.79 Å². The predicted molar refractivity (Wildman–Crippen MR) is 94.6 cm³/mol. The second-order valence-electron chi connectivity index (χ2n) is 6.35. The van der Waals surface area contributed by atoms with Crippen LogP contribution in [0.25, 0.3) is 0 Å². The van der Waals surface area contributed by atoms with Gasteiger partial charge in [-0.25, -0.2) is 0 Å². The van der Waals surface area contributed by atoms with E-state index < -0.39 is 0 Å². The molecule has 3 rings (SSSR count). The van der Waals surface area contributed by atoms with Crippen LogP contribution >= 0.6 is 0 Å². The molecule has 1 aromatic carbocycles. The number of piperidine rings is 1. The molecule has 134 valence electrons. The molecule has 1 atom stereocenters.